The molecule has 0 spiro atoms. The quantitative estimate of drug-likeness (QED) is 0.705. The summed E-state index contributed by atoms with van der Waals surface area (Å²) in [5.41, 5.74) is 2.77. The predicted octanol–water partition coefficient (Wildman–Crippen LogP) is 4.87. The SMILES string of the molecule is CCN(c1cccc(C)c1)c1nncc(Nc2ccc(F)c(Cl)c2)n1. The van der Waals surface area contributed by atoms with E-state index in [0.29, 0.717) is 24.0 Å². The first-order valence-electron chi connectivity index (χ1n) is 7.83. The van der Waals surface area contributed by atoms with Crippen molar-refractivity contribution < 1.29 is 4.39 Å². The highest BCUT2D eigenvalue weighted by atomic mass is 35.5. The summed E-state index contributed by atoms with van der Waals surface area (Å²) in [4.78, 5) is 6.46. The first-order chi connectivity index (χ1) is 12.1. The minimum atomic E-state index is -0.467. The van der Waals surface area contributed by atoms with Crippen LogP contribution in [0.25, 0.3) is 0 Å². The molecular formula is C18H17ClFN5. The third kappa shape index (κ3) is 4.03. The molecule has 128 valence electrons. The Morgan fingerprint density at radius 1 is 1.20 bits per heavy atom. The molecule has 5 nitrogen and oxygen atoms in total. The highest BCUT2D eigenvalue weighted by Crippen LogP contribution is 2.25. The summed E-state index contributed by atoms with van der Waals surface area (Å²) in [5.74, 6) is 0.510. The molecule has 3 rings (SSSR count). The smallest absolute Gasteiger partial charge is 0.251 e. The summed E-state index contributed by atoms with van der Waals surface area (Å²) in [5, 5.41) is 11.2. The Labute approximate surface area is 150 Å². The van der Waals surface area contributed by atoms with E-state index >= 15 is 0 Å². The van der Waals surface area contributed by atoms with Gasteiger partial charge in [0.2, 0.25) is 0 Å². The van der Waals surface area contributed by atoms with Crippen LogP contribution in [-0.2, 0) is 0 Å². The topological polar surface area (TPSA) is 53.9 Å². The summed E-state index contributed by atoms with van der Waals surface area (Å²) in [6, 6.07) is 12.5. The molecule has 0 radical (unpaired) electrons. The lowest BCUT2D eigenvalue weighted by Crippen LogP contribution is -2.19. The number of nitrogens with zero attached hydrogens (tertiary/aromatic N) is 4. The number of anilines is 4. The molecule has 1 heterocycles. The van der Waals surface area contributed by atoms with Crippen molar-refractivity contribution in [1.29, 1.82) is 0 Å². The fourth-order valence-corrected chi connectivity index (χ4v) is 2.61. The highest BCUT2D eigenvalue weighted by Gasteiger charge is 2.12. The van der Waals surface area contributed by atoms with Crippen molar-refractivity contribution in [2.45, 2.75) is 13.8 Å². The van der Waals surface area contributed by atoms with Crippen molar-refractivity contribution >= 4 is 34.7 Å². The monoisotopic (exact) mass is 357 g/mol. The highest BCUT2D eigenvalue weighted by molar-refractivity contribution is 6.31. The van der Waals surface area contributed by atoms with Crippen molar-refractivity contribution in [2.75, 3.05) is 16.8 Å². The lowest BCUT2D eigenvalue weighted by Gasteiger charge is -2.21. The molecule has 0 aliphatic heterocycles. The number of hydrogen-bond donors (Lipinski definition) is 1. The standard InChI is InChI=1S/C18H17ClFN5/c1-3-25(14-6-4-5-12(2)9-14)18-23-17(11-21-24-18)22-13-7-8-16(20)15(19)10-13/h4-11H,3H2,1-2H3,(H,22,23,24). The Balaban J connectivity index is 1.88. The average Bonchev–Trinajstić information content (AvgIpc) is 2.59. The van der Waals surface area contributed by atoms with E-state index in [4.69, 9.17) is 11.6 Å². The van der Waals surface area contributed by atoms with Crippen LogP contribution in [0.4, 0.5) is 27.5 Å². The molecule has 0 fully saturated rings. The molecule has 1 N–H and O–H groups in total. The fourth-order valence-electron chi connectivity index (χ4n) is 2.43. The number of halogens is 2. The maximum absolute atomic E-state index is 13.3. The molecule has 0 atom stereocenters. The number of aryl methyl sites for hydroxylation is 1. The molecule has 7 heteroatoms. The summed E-state index contributed by atoms with van der Waals surface area (Å²) < 4.78 is 13.3. The largest absolute Gasteiger partial charge is 0.339 e. The van der Waals surface area contributed by atoms with Gasteiger partial charge < -0.3 is 10.2 Å². The van der Waals surface area contributed by atoms with Crippen LogP contribution in [0.5, 0.6) is 0 Å². The first-order valence-corrected chi connectivity index (χ1v) is 8.20. The van der Waals surface area contributed by atoms with Crippen molar-refractivity contribution in [1.82, 2.24) is 15.2 Å². The molecule has 0 saturated carbocycles. The number of rotatable bonds is 5. The van der Waals surface area contributed by atoms with Crippen LogP contribution in [0.2, 0.25) is 5.02 Å². The van der Waals surface area contributed by atoms with Crippen LogP contribution in [0.3, 0.4) is 0 Å². The van der Waals surface area contributed by atoms with Crippen LogP contribution in [-0.4, -0.2) is 21.7 Å². The van der Waals surface area contributed by atoms with Crippen LogP contribution in [0.1, 0.15) is 12.5 Å². The van der Waals surface area contributed by atoms with Gasteiger partial charge in [-0.3, -0.25) is 0 Å². The number of hydrogen-bond acceptors (Lipinski definition) is 5. The van der Waals surface area contributed by atoms with E-state index in [0.717, 1.165) is 11.3 Å². The van der Waals surface area contributed by atoms with E-state index < -0.39 is 5.82 Å². The third-order valence-electron chi connectivity index (χ3n) is 3.61. The van der Waals surface area contributed by atoms with Gasteiger partial charge in [-0.2, -0.15) is 10.1 Å². The fraction of sp³-hybridized carbons (Fsp3) is 0.167. The van der Waals surface area contributed by atoms with Crippen LogP contribution < -0.4 is 10.2 Å². The molecular weight excluding hydrogens is 341 g/mol. The zero-order valence-corrected chi connectivity index (χ0v) is 14.6. The van der Waals surface area contributed by atoms with Crippen molar-refractivity contribution in [3.63, 3.8) is 0 Å². The summed E-state index contributed by atoms with van der Waals surface area (Å²) in [7, 11) is 0. The molecule has 2 aromatic carbocycles. The second-order valence-corrected chi connectivity index (χ2v) is 5.89. The summed E-state index contributed by atoms with van der Waals surface area (Å²) in [6.45, 7) is 4.75. The van der Waals surface area contributed by atoms with Crippen molar-refractivity contribution in [2.24, 2.45) is 0 Å². The van der Waals surface area contributed by atoms with Gasteiger partial charge in [0.1, 0.15) is 5.82 Å². The van der Waals surface area contributed by atoms with Crippen molar-refractivity contribution in [3.05, 3.63) is 65.1 Å². The second kappa shape index (κ2) is 7.44. The zero-order valence-electron chi connectivity index (χ0n) is 13.9. The first kappa shape index (κ1) is 17.1. The Kier molecular flexibility index (Phi) is 5.09. The van der Waals surface area contributed by atoms with Gasteiger partial charge in [-0.15, -0.1) is 5.10 Å². The van der Waals surface area contributed by atoms with Gasteiger partial charge in [0, 0.05) is 17.9 Å². The summed E-state index contributed by atoms with van der Waals surface area (Å²) in [6.07, 6.45) is 1.50. The maximum atomic E-state index is 13.3. The molecule has 0 unspecified atom stereocenters. The third-order valence-corrected chi connectivity index (χ3v) is 3.90. The van der Waals surface area contributed by atoms with Gasteiger partial charge in [0.05, 0.1) is 11.2 Å². The average molecular weight is 358 g/mol. The lowest BCUT2D eigenvalue weighted by molar-refractivity contribution is 0.628. The van der Waals surface area contributed by atoms with E-state index in [2.05, 4.69) is 26.6 Å². The minimum absolute atomic E-state index is 0.0437. The van der Waals surface area contributed by atoms with Gasteiger partial charge in [-0.25, -0.2) is 4.39 Å². The Morgan fingerprint density at radius 3 is 2.76 bits per heavy atom. The Hall–Kier alpha value is -2.73. The van der Waals surface area contributed by atoms with E-state index in [1.54, 1.807) is 6.07 Å². The molecule has 25 heavy (non-hydrogen) atoms. The van der Waals surface area contributed by atoms with Crippen LogP contribution >= 0.6 is 11.6 Å². The molecule has 0 saturated heterocycles. The number of aromatic nitrogens is 3. The molecule has 3 aromatic rings. The lowest BCUT2D eigenvalue weighted by atomic mass is 10.2. The second-order valence-electron chi connectivity index (χ2n) is 5.48. The number of nitrogens with one attached hydrogen (secondary N) is 1. The van der Waals surface area contributed by atoms with E-state index in [1.807, 2.05) is 36.9 Å². The van der Waals surface area contributed by atoms with Gasteiger partial charge in [0.15, 0.2) is 5.82 Å². The normalized spacial score (nSPS) is 10.6. The van der Waals surface area contributed by atoms with Gasteiger partial charge >= 0.3 is 0 Å². The van der Waals surface area contributed by atoms with E-state index in [1.165, 1.54) is 18.3 Å². The molecule has 0 aliphatic rings. The molecule has 0 aliphatic carbocycles. The maximum Gasteiger partial charge on any atom is 0.251 e. The summed E-state index contributed by atoms with van der Waals surface area (Å²) >= 11 is 5.81. The Bertz CT molecular complexity index is 887. The van der Waals surface area contributed by atoms with E-state index in [-0.39, 0.29) is 5.02 Å². The molecule has 0 bridgehead atoms. The van der Waals surface area contributed by atoms with Gasteiger partial charge in [-0.05, 0) is 49.7 Å². The molecule has 0 amide bonds. The van der Waals surface area contributed by atoms with E-state index in [9.17, 15) is 4.39 Å². The van der Waals surface area contributed by atoms with Crippen LogP contribution in [0, 0.1) is 12.7 Å². The zero-order chi connectivity index (χ0) is 17.8. The Morgan fingerprint density at radius 2 is 2.04 bits per heavy atom. The van der Waals surface area contributed by atoms with Gasteiger partial charge in [-0.1, -0.05) is 23.7 Å². The minimum Gasteiger partial charge on any atom is -0.339 e. The van der Waals surface area contributed by atoms with Crippen LogP contribution in [0.15, 0.2) is 48.7 Å². The van der Waals surface area contributed by atoms with Gasteiger partial charge in [0.25, 0.3) is 5.95 Å². The number of benzene rings is 2. The van der Waals surface area contributed by atoms with Crippen molar-refractivity contribution in [3.8, 4) is 0 Å². The molecule has 1 aromatic heterocycles. The predicted molar refractivity (Wildman–Crippen MR) is 98.4 cm³/mol.